The summed E-state index contributed by atoms with van der Waals surface area (Å²) in [5, 5.41) is 3.20. The van der Waals surface area contributed by atoms with Gasteiger partial charge in [0, 0.05) is 36.9 Å². The number of hydrogen-bond donors (Lipinski definition) is 1. The van der Waals surface area contributed by atoms with E-state index in [-0.39, 0.29) is 0 Å². The van der Waals surface area contributed by atoms with Crippen LogP contribution in [0.15, 0.2) is 49.3 Å². The number of nitrogens with zero attached hydrogens (tertiary/aromatic N) is 6. The van der Waals surface area contributed by atoms with E-state index in [1.54, 1.807) is 24.9 Å². The summed E-state index contributed by atoms with van der Waals surface area (Å²) in [6.45, 7) is 2.99. The van der Waals surface area contributed by atoms with Gasteiger partial charge < -0.3 is 10.2 Å². The van der Waals surface area contributed by atoms with Crippen LogP contribution in [0.5, 0.6) is 0 Å². The minimum atomic E-state index is 0.291. The summed E-state index contributed by atoms with van der Waals surface area (Å²) in [7, 11) is 0. The summed E-state index contributed by atoms with van der Waals surface area (Å²) < 4.78 is 0. The highest BCUT2D eigenvalue weighted by Gasteiger charge is 2.27. The Morgan fingerprint density at radius 1 is 1.04 bits per heavy atom. The van der Waals surface area contributed by atoms with Crippen LogP contribution in [-0.2, 0) is 0 Å². The Labute approximate surface area is 146 Å². The second kappa shape index (κ2) is 6.80. The van der Waals surface area contributed by atoms with Crippen LogP contribution in [0.1, 0.15) is 30.1 Å². The minimum Gasteiger partial charge on any atom is -0.349 e. The van der Waals surface area contributed by atoms with Crippen LogP contribution in [0.3, 0.4) is 0 Å². The van der Waals surface area contributed by atoms with Gasteiger partial charge in [0.1, 0.15) is 23.8 Å². The molecule has 3 aromatic rings. The van der Waals surface area contributed by atoms with E-state index in [9.17, 15) is 0 Å². The summed E-state index contributed by atoms with van der Waals surface area (Å²) >= 11 is 0. The summed E-state index contributed by atoms with van der Waals surface area (Å²) in [4.78, 5) is 23.7. The molecule has 1 aliphatic rings. The number of aromatic nitrogens is 5. The van der Waals surface area contributed by atoms with Crippen molar-refractivity contribution in [1.29, 1.82) is 0 Å². The maximum Gasteiger partial charge on any atom is 0.150 e. The molecule has 7 heteroatoms. The van der Waals surface area contributed by atoms with Gasteiger partial charge in [0.2, 0.25) is 0 Å². The predicted molar refractivity (Wildman–Crippen MR) is 95.6 cm³/mol. The molecule has 1 atom stereocenters. The molecule has 7 nitrogen and oxygen atoms in total. The van der Waals surface area contributed by atoms with Crippen molar-refractivity contribution < 1.29 is 0 Å². The van der Waals surface area contributed by atoms with Crippen LogP contribution in [0.25, 0.3) is 0 Å². The average molecular weight is 333 g/mol. The van der Waals surface area contributed by atoms with E-state index in [1.165, 1.54) is 5.56 Å². The molecule has 0 saturated carbocycles. The molecule has 1 fully saturated rings. The quantitative estimate of drug-likeness (QED) is 0.786. The molecule has 4 rings (SSSR count). The van der Waals surface area contributed by atoms with Crippen LogP contribution >= 0.6 is 0 Å². The molecule has 0 aliphatic carbocycles. The second-order valence-corrected chi connectivity index (χ2v) is 6.06. The average Bonchev–Trinajstić information content (AvgIpc) is 3.13. The summed E-state index contributed by atoms with van der Waals surface area (Å²) in [5.41, 5.74) is 2.20. The van der Waals surface area contributed by atoms with E-state index >= 15 is 0 Å². The summed E-state index contributed by atoms with van der Waals surface area (Å²) in [6, 6.07) is 6.47. The van der Waals surface area contributed by atoms with E-state index in [2.05, 4.69) is 47.3 Å². The number of aryl methyl sites for hydroxylation is 1. The smallest absolute Gasteiger partial charge is 0.150 e. The molecule has 126 valence electrons. The molecular formula is C18H19N7. The highest BCUT2D eigenvalue weighted by atomic mass is 15.2. The highest BCUT2D eigenvalue weighted by Crippen LogP contribution is 2.35. The first kappa shape index (κ1) is 15.4. The van der Waals surface area contributed by atoms with Crippen LogP contribution in [0.4, 0.5) is 17.5 Å². The molecule has 0 bridgehead atoms. The third kappa shape index (κ3) is 3.40. The van der Waals surface area contributed by atoms with E-state index in [0.717, 1.165) is 36.7 Å². The topological polar surface area (TPSA) is 79.7 Å². The normalized spacial score (nSPS) is 16.8. The lowest BCUT2D eigenvalue weighted by atomic mass is 10.1. The molecule has 3 aromatic heterocycles. The molecule has 25 heavy (non-hydrogen) atoms. The zero-order valence-electron chi connectivity index (χ0n) is 14.0. The van der Waals surface area contributed by atoms with E-state index in [1.807, 2.05) is 19.2 Å². The standard InChI is InChI=1S/C18H19N7/c1-13-9-18(23-12-22-13)25-8-2-3-15(25)14-4-5-20-16(10-14)24-17-11-19-6-7-21-17/h4-7,9-12,15H,2-3,8H2,1H3,(H,20,21,24)/t15-/m0/s1. The van der Waals surface area contributed by atoms with Crippen LogP contribution < -0.4 is 10.2 Å². The van der Waals surface area contributed by atoms with Crippen molar-refractivity contribution in [1.82, 2.24) is 24.9 Å². The maximum absolute atomic E-state index is 4.45. The van der Waals surface area contributed by atoms with Gasteiger partial charge in [-0.1, -0.05) is 0 Å². The molecule has 4 heterocycles. The van der Waals surface area contributed by atoms with Gasteiger partial charge in [0.25, 0.3) is 0 Å². The van der Waals surface area contributed by atoms with E-state index < -0.39 is 0 Å². The largest absolute Gasteiger partial charge is 0.349 e. The molecule has 0 aromatic carbocycles. The van der Waals surface area contributed by atoms with Gasteiger partial charge in [-0.3, -0.25) is 4.98 Å². The fraction of sp³-hybridized carbons (Fsp3) is 0.278. The SMILES string of the molecule is Cc1cc(N2CCC[C@H]2c2ccnc(Nc3cnccn3)c2)ncn1. The van der Waals surface area contributed by atoms with Crippen molar-refractivity contribution in [3.8, 4) is 0 Å². The van der Waals surface area contributed by atoms with Crippen molar-refractivity contribution in [2.24, 2.45) is 0 Å². The van der Waals surface area contributed by atoms with Crippen molar-refractivity contribution in [3.63, 3.8) is 0 Å². The first-order valence-electron chi connectivity index (χ1n) is 8.34. The third-order valence-corrected chi connectivity index (χ3v) is 4.32. The van der Waals surface area contributed by atoms with Crippen molar-refractivity contribution >= 4 is 17.5 Å². The lowest BCUT2D eigenvalue weighted by Gasteiger charge is -2.26. The van der Waals surface area contributed by atoms with E-state index in [0.29, 0.717) is 11.9 Å². The lowest BCUT2D eigenvalue weighted by Crippen LogP contribution is -2.23. The molecule has 1 N–H and O–H groups in total. The fourth-order valence-electron chi connectivity index (χ4n) is 3.20. The first-order chi connectivity index (χ1) is 12.3. The number of pyridine rings is 1. The lowest BCUT2D eigenvalue weighted by molar-refractivity contribution is 0.709. The van der Waals surface area contributed by atoms with Crippen LogP contribution in [0.2, 0.25) is 0 Å². The number of anilines is 3. The zero-order chi connectivity index (χ0) is 17.1. The third-order valence-electron chi connectivity index (χ3n) is 4.32. The van der Waals surface area contributed by atoms with E-state index in [4.69, 9.17) is 0 Å². The van der Waals surface area contributed by atoms with Gasteiger partial charge in [0.05, 0.1) is 12.2 Å². The Kier molecular flexibility index (Phi) is 4.20. The Balaban J connectivity index is 1.59. The van der Waals surface area contributed by atoms with Crippen LogP contribution in [0, 0.1) is 6.92 Å². The molecule has 0 spiro atoms. The van der Waals surface area contributed by atoms with Crippen LogP contribution in [-0.4, -0.2) is 31.5 Å². The Hall–Kier alpha value is -3.09. The van der Waals surface area contributed by atoms with Crippen molar-refractivity contribution in [2.45, 2.75) is 25.8 Å². The Morgan fingerprint density at radius 3 is 2.80 bits per heavy atom. The minimum absolute atomic E-state index is 0.291. The fourth-order valence-corrected chi connectivity index (χ4v) is 3.20. The molecular weight excluding hydrogens is 314 g/mol. The van der Waals surface area contributed by atoms with Crippen molar-refractivity contribution in [2.75, 3.05) is 16.8 Å². The van der Waals surface area contributed by atoms with Gasteiger partial charge in [-0.05, 0) is 37.5 Å². The Morgan fingerprint density at radius 2 is 1.96 bits per heavy atom. The Bertz CT molecular complexity index is 853. The van der Waals surface area contributed by atoms with Gasteiger partial charge in [-0.2, -0.15) is 0 Å². The first-order valence-corrected chi connectivity index (χ1v) is 8.34. The molecule has 1 saturated heterocycles. The molecule has 0 amide bonds. The molecule has 0 unspecified atom stereocenters. The number of hydrogen-bond acceptors (Lipinski definition) is 7. The van der Waals surface area contributed by atoms with Gasteiger partial charge in [-0.25, -0.2) is 19.9 Å². The summed E-state index contributed by atoms with van der Waals surface area (Å²) in [6.07, 6.45) is 10.7. The zero-order valence-corrected chi connectivity index (χ0v) is 14.0. The van der Waals surface area contributed by atoms with Gasteiger partial charge in [-0.15, -0.1) is 0 Å². The second-order valence-electron chi connectivity index (χ2n) is 6.06. The number of nitrogens with one attached hydrogen (secondary N) is 1. The highest BCUT2D eigenvalue weighted by molar-refractivity contribution is 5.53. The predicted octanol–water partition coefficient (Wildman–Crippen LogP) is 3.06. The molecule has 0 radical (unpaired) electrons. The monoisotopic (exact) mass is 333 g/mol. The van der Waals surface area contributed by atoms with Gasteiger partial charge in [0.15, 0.2) is 0 Å². The maximum atomic E-state index is 4.45. The summed E-state index contributed by atoms with van der Waals surface area (Å²) in [5.74, 6) is 2.43. The number of rotatable bonds is 4. The molecule has 1 aliphatic heterocycles. The van der Waals surface area contributed by atoms with Crippen molar-refractivity contribution in [3.05, 3.63) is 60.6 Å². The van der Waals surface area contributed by atoms with Gasteiger partial charge >= 0.3 is 0 Å².